The highest BCUT2D eigenvalue weighted by Crippen LogP contribution is 2.43. The molecule has 0 saturated heterocycles. The summed E-state index contributed by atoms with van der Waals surface area (Å²) in [6, 6.07) is 0. The van der Waals surface area contributed by atoms with E-state index in [1.807, 2.05) is 30.4 Å². The number of ether oxygens (including phenoxy) is 3. The van der Waals surface area contributed by atoms with Crippen molar-refractivity contribution in [3.63, 3.8) is 0 Å². The molecule has 0 aromatic carbocycles. The molecule has 11 nitrogen and oxygen atoms in total. The molecule has 0 aromatic rings. The van der Waals surface area contributed by atoms with Gasteiger partial charge >= 0.3 is 25.7 Å². The quantitative estimate of drug-likeness (QED) is 0.0197. The largest absolute Gasteiger partial charge is 0.472 e. The minimum atomic E-state index is -4.81. The van der Waals surface area contributed by atoms with Crippen LogP contribution in [0, 0.1) is 0 Å². The Kier molecular flexibility index (Phi) is 55.7. The molecule has 0 bridgehead atoms. The van der Waals surface area contributed by atoms with Crippen LogP contribution < -0.4 is 0 Å². The number of aliphatic hydroxyl groups excluding tert-OH is 1. The van der Waals surface area contributed by atoms with Gasteiger partial charge in [0.15, 0.2) is 6.10 Å². The van der Waals surface area contributed by atoms with Gasteiger partial charge in [-0.3, -0.25) is 23.4 Å². The van der Waals surface area contributed by atoms with E-state index >= 15 is 0 Å². The Hall–Kier alpha value is -5.42. The summed E-state index contributed by atoms with van der Waals surface area (Å²) in [6.45, 7) is 4.06. The Labute approximate surface area is 484 Å². The number of unbranched alkanes of at least 4 members (excludes halogenated alkanes) is 6. The fraction of sp³-hybridized carbons (Fsp3) is 0.515. The maximum Gasteiger partial charge on any atom is 0.472 e. The van der Waals surface area contributed by atoms with Crippen LogP contribution in [0.5, 0.6) is 0 Å². The molecule has 3 unspecified atom stereocenters. The van der Waals surface area contributed by atoms with Crippen LogP contribution in [0.2, 0.25) is 0 Å². The second-order valence-electron chi connectivity index (χ2n) is 18.7. The number of hydrogen-bond donors (Lipinski definition) is 2. The molecule has 0 aliphatic carbocycles. The molecule has 0 aromatic heterocycles. The van der Waals surface area contributed by atoms with Crippen molar-refractivity contribution in [2.45, 2.75) is 200 Å². The molecule has 0 spiro atoms. The van der Waals surface area contributed by atoms with Gasteiger partial charge in [0.25, 0.3) is 0 Å². The number of carbonyl (C=O) groups is 3. The Balaban J connectivity index is 4.97. The van der Waals surface area contributed by atoms with E-state index in [0.717, 1.165) is 128 Å². The van der Waals surface area contributed by atoms with Crippen LogP contribution in [-0.4, -0.2) is 66.5 Å². The summed E-state index contributed by atoms with van der Waals surface area (Å²) in [5, 5.41) is 9.81. The molecule has 0 radical (unpaired) electrons. The molecule has 0 aliphatic heterocycles. The molecule has 0 rings (SSSR count). The third-order valence-corrected chi connectivity index (χ3v) is 12.3. The van der Waals surface area contributed by atoms with Gasteiger partial charge in [0, 0.05) is 12.8 Å². The molecule has 0 fully saturated rings. The summed E-state index contributed by atoms with van der Waals surface area (Å²) >= 11 is 0. The fourth-order valence-corrected chi connectivity index (χ4v) is 7.76. The molecule has 0 heterocycles. The molecule has 0 amide bonds. The first-order chi connectivity index (χ1) is 39.2. The summed E-state index contributed by atoms with van der Waals surface area (Å²) in [5.74, 6) is -1.75. The summed E-state index contributed by atoms with van der Waals surface area (Å²) in [4.78, 5) is 48.6. The van der Waals surface area contributed by atoms with Crippen LogP contribution in [0.15, 0.2) is 182 Å². The second kappa shape index (κ2) is 59.7. The lowest BCUT2D eigenvalue weighted by molar-refractivity contribution is -0.161. The minimum absolute atomic E-state index is 0.0717. The summed E-state index contributed by atoms with van der Waals surface area (Å²) in [5.41, 5.74) is 0. The van der Waals surface area contributed by atoms with Gasteiger partial charge in [0.1, 0.15) is 12.7 Å². The van der Waals surface area contributed by atoms with Gasteiger partial charge in [-0.15, -0.1) is 0 Å². The van der Waals surface area contributed by atoms with Gasteiger partial charge in [-0.25, -0.2) is 4.57 Å². The van der Waals surface area contributed by atoms with Crippen LogP contribution in [0.3, 0.4) is 0 Å². The zero-order valence-electron chi connectivity index (χ0n) is 49.2. The van der Waals surface area contributed by atoms with Crippen molar-refractivity contribution >= 4 is 25.7 Å². The molecule has 12 heteroatoms. The number of rotatable bonds is 52. The lowest BCUT2D eigenvalue weighted by Crippen LogP contribution is -2.30. The normalized spacial score (nSPS) is 14.6. The lowest BCUT2D eigenvalue weighted by Gasteiger charge is -2.21. The Morgan fingerprint density at radius 3 is 1.09 bits per heavy atom. The average molecular weight is 1130 g/mol. The molecule has 446 valence electrons. The van der Waals surface area contributed by atoms with Gasteiger partial charge in [-0.05, 0) is 122 Å². The highest BCUT2D eigenvalue weighted by atomic mass is 31.2. The van der Waals surface area contributed by atoms with E-state index in [1.165, 1.54) is 0 Å². The zero-order chi connectivity index (χ0) is 58.3. The smallest absolute Gasteiger partial charge is 0.462 e. The number of carbonyl (C=O) groups excluding carboxylic acids is 3. The van der Waals surface area contributed by atoms with Crippen molar-refractivity contribution in [2.24, 2.45) is 0 Å². The first-order valence-electron chi connectivity index (χ1n) is 29.7. The van der Waals surface area contributed by atoms with Gasteiger partial charge in [0.05, 0.1) is 26.2 Å². The average Bonchev–Trinajstić information content (AvgIpc) is 3.45. The fourth-order valence-electron chi connectivity index (χ4n) is 6.98. The summed E-state index contributed by atoms with van der Waals surface area (Å²) < 4.78 is 39.4. The van der Waals surface area contributed by atoms with Crippen LogP contribution in [-0.2, 0) is 42.2 Å². The predicted molar refractivity (Wildman–Crippen MR) is 334 cm³/mol. The Morgan fingerprint density at radius 2 is 0.688 bits per heavy atom. The number of aliphatic hydroxyl groups is 1. The van der Waals surface area contributed by atoms with Gasteiger partial charge in [0.2, 0.25) is 0 Å². The third kappa shape index (κ3) is 57.3. The molecular formula is C68H103O11P. The Bertz CT molecular complexity index is 2040. The standard InChI is InChI=1S/C68H103O11P/c1-4-7-10-13-16-19-22-25-28-30-32-34-37-39-42-45-48-51-54-57-66(70)75-61-65(79-68(72)59-56-53-50-47-44-41-38-35-33-31-29-26-23-20-17-14-11-8-5-2)63-77-80(73,74)76-62-64(60-69)78-67(71)58-55-52-49-46-43-40-36-27-24-21-18-15-12-9-6-3/h7-12,16-21,25-29,32-36,39,42-43,46,48,51-52,55,64-65,69H,4-6,13-15,22-24,30-31,37-38,40-41,44-45,47,49-50,53-54,56-63H2,1-3H3,(H,73,74)/b10-7-,11-8-,12-9-,19-16-,20-17-,21-18-,28-25-,29-26-,34-32-,35-33-,36-27-,42-39-,46-43-,51-48-,55-52-. The van der Waals surface area contributed by atoms with E-state index in [2.05, 4.69) is 167 Å². The van der Waals surface area contributed by atoms with E-state index in [4.69, 9.17) is 23.3 Å². The predicted octanol–water partition coefficient (Wildman–Crippen LogP) is 18.0. The van der Waals surface area contributed by atoms with E-state index in [1.54, 1.807) is 6.08 Å². The van der Waals surface area contributed by atoms with Crippen LogP contribution in [0.4, 0.5) is 0 Å². The number of esters is 3. The third-order valence-electron chi connectivity index (χ3n) is 11.4. The molecule has 80 heavy (non-hydrogen) atoms. The van der Waals surface area contributed by atoms with Crippen molar-refractivity contribution in [2.75, 3.05) is 26.4 Å². The minimum Gasteiger partial charge on any atom is -0.462 e. The summed E-state index contributed by atoms with van der Waals surface area (Å²) in [6.07, 6.45) is 81.8. The number of phosphoric acid groups is 1. The van der Waals surface area contributed by atoms with Crippen molar-refractivity contribution in [3.05, 3.63) is 182 Å². The van der Waals surface area contributed by atoms with E-state index < -0.39 is 64.4 Å². The van der Waals surface area contributed by atoms with Crippen molar-refractivity contribution in [3.8, 4) is 0 Å². The van der Waals surface area contributed by atoms with Crippen LogP contribution in [0.25, 0.3) is 0 Å². The van der Waals surface area contributed by atoms with E-state index in [9.17, 15) is 28.9 Å². The molecule has 2 N–H and O–H groups in total. The SMILES string of the molecule is CC/C=C\C/C=C\C/C=C\C/C=C\C/C=C\C/C=C\CCC(=O)OCC(COP(=O)(O)OCC(CO)OC(=O)C/C=C\C/C=C\C/C=C\C/C=C\C/C=C\CC)OC(=O)CCCCCCCC/C=C\C/C=C\C/C=C\C/C=C\CC. The zero-order valence-corrected chi connectivity index (χ0v) is 50.1. The molecule has 0 saturated carbocycles. The number of hydrogen-bond acceptors (Lipinski definition) is 10. The molecule has 3 atom stereocenters. The Morgan fingerprint density at radius 1 is 0.362 bits per heavy atom. The molecule has 0 aliphatic rings. The van der Waals surface area contributed by atoms with Crippen LogP contribution in [0.1, 0.15) is 188 Å². The summed E-state index contributed by atoms with van der Waals surface area (Å²) in [7, 11) is -4.81. The van der Waals surface area contributed by atoms with Crippen LogP contribution >= 0.6 is 7.82 Å². The van der Waals surface area contributed by atoms with Crippen molar-refractivity contribution in [1.82, 2.24) is 0 Å². The highest BCUT2D eigenvalue weighted by Gasteiger charge is 2.28. The van der Waals surface area contributed by atoms with Gasteiger partial charge in [-0.1, -0.05) is 229 Å². The van der Waals surface area contributed by atoms with E-state index in [0.29, 0.717) is 19.3 Å². The number of allylic oxidation sites excluding steroid dienone is 29. The topological polar surface area (TPSA) is 155 Å². The highest BCUT2D eigenvalue weighted by molar-refractivity contribution is 7.47. The van der Waals surface area contributed by atoms with Gasteiger partial charge < -0.3 is 24.2 Å². The lowest BCUT2D eigenvalue weighted by atomic mass is 10.1. The second-order valence-corrected chi connectivity index (χ2v) is 20.1. The van der Waals surface area contributed by atoms with Crippen molar-refractivity contribution in [1.29, 1.82) is 0 Å². The van der Waals surface area contributed by atoms with Gasteiger partial charge in [-0.2, -0.15) is 0 Å². The maximum atomic E-state index is 12.9. The monoisotopic (exact) mass is 1130 g/mol. The van der Waals surface area contributed by atoms with E-state index in [-0.39, 0.29) is 19.3 Å². The molecular weight excluding hydrogens is 1020 g/mol. The first kappa shape index (κ1) is 74.6. The number of phosphoric ester groups is 1. The first-order valence-corrected chi connectivity index (χ1v) is 31.2. The van der Waals surface area contributed by atoms with Crippen molar-refractivity contribution < 1.29 is 52.2 Å². The maximum absolute atomic E-state index is 12.9.